The van der Waals surface area contributed by atoms with E-state index >= 15 is 0 Å². The molecule has 0 aromatic carbocycles. The molecule has 0 saturated carbocycles. The number of carbonyl (C=O) groups excluding carboxylic acids is 2. The SMILES string of the molecule is CCCCCCCCCCCCCCCCCCOC[C@H](COC(=O)CCCCCCCCCCCCC)OC(=O)CCCCCCCCCCCCCCCCC. The van der Waals surface area contributed by atoms with Gasteiger partial charge in [0, 0.05) is 19.4 Å². The van der Waals surface area contributed by atoms with Crippen LogP contribution in [0.1, 0.15) is 303 Å². The predicted molar refractivity (Wildman–Crippen MR) is 252 cm³/mol. The molecule has 346 valence electrons. The van der Waals surface area contributed by atoms with Gasteiger partial charge in [0.05, 0.1) is 6.61 Å². The van der Waals surface area contributed by atoms with E-state index in [2.05, 4.69) is 20.8 Å². The molecule has 0 radical (unpaired) electrons. The predicted octanol–water partition coefficient (Wildman–Crippen LogP) is 17.7. The Balaban J connectivity index is 4.17. The average molecular weight is 821 g/mol. The first-order valence-electron chi connectivity index (χ1n) is 26.6. The van der Waals surface area contributed by atoms with E-state index in [1.807, 2.05) is 0 Å². The summed E-state index contributed by atoms with van der Waals surface area (Å²) in [4.78, 5) is 25.4. The van der Waals surface area contributed by atoms with Gasteiger partial charge in [0.25, 0.3) is 0 Å². The van der Waals surface area contributed by atoms with E-state index in [0.29, 0.717) is 26.1 Å². The molecule has 0 aliphatic heterocycles. The Morgan fingerprint density at radius 2 is 0.569 bits per heavy atom. The first kappa shape index (κ1) is 56.9. The fraction of sp³-hybridized carbons (Fsp3) is 0.962. The Bertz CT molecular complexity index is 799. The van der Waals surface area contributed by atoms with Gasteiger partial charge in [-0.15, -0.1) is 0 Å². The lowest BCUT2D eigenvalue weighted by atomic mass is 10.0. The minimum Gasteiger partial charge on any atom is -0.462 e. The van der Waals surface area contributed by atoms with Crippen LogP contribution in [0.2, 0.25) is 0 Å². The lowest BCUT2D eigenvalue weighted by molar-refractivity contribution is -0.163. The van der Waals surface area contributed by atoms with Crippen LogP contribution in [-0.2, 0) is 23.8 Å². The van der Waals surface area contributed by atoms with Crippen molar-refractivity contribution in [2.45, 2.75) is 309 Å². The van der Waals surface area contributed by atoms with E-state index in [0.717, 1.165) is 32.1 Å². The minimum absolute atomic E-state index is 0.0976. The Kier molecular flexibility index (Phi) is 49.3. The van der Waals surface area contributed by atoms with Crippen molar-refractivity contribution in [2.75, 3.05) is 19.8 Å². The smallest absolute Gasteiger partial charge is 0.306 e. The van der Waals surface area contributed by atoms with Crippen LogP contribution in [0, 0.1) is 0 Å². The van der Waals surface area contributed by atoms with Crippen LogP contribution in [0.25, 0.3) is 0 Å². The topological polar surface area (TPSA) is 61.8 Å². The molecule has 5 heteroatoms. The molecule has 0 rings (SSSR count). The van der Waals surface area contributed by atoms with E-state index in [-0.39, 0.29) is 18.5 Å². The third kappa shape index (κ3) is 47.6. The van der Waals surface area contributed by atoms with Crippen LogP contribution in [0.4, 0.5) is 0 Å². The van der Waals surface area contributed by atoms with Crippen LogP contribution < -0.4 is 0 Å². The highest BCUT2D eigenvalue weighted by Gasteiger charge is 2.17. The van der Waals surface area contributed by atoms with Crippen LogP contribution in [0.5, 0.6) is 0 Å². The Morgan fingerprint density at radius 1 is 0.310 bits per heavy atom. The summed E-state index contributed by atoms with van der Waals surface area (Å²) in [5, 5.41) is 0. The lowest BCUT2D eigenvalue weighted by Gasteiger charge is -2.18. The molecule has 0 spiro atoms. The first-order chi connectivity index (χ1) is 28.6. The quantitative estimate of drug-likeness (QED) is 0.0452. The molecule has 0 N–H and O–H groups in total. The van der Waals surface area contributed by atoms with Gasteiger partial charge in [-0.3, -0.25) is 9.59 Å². The van der Waals surface area contributed by atoms with Crippen molar-refractivity contribution >= 4 is 11.9 Å². The highest BCUT2D eigenvalue weighted by molar-refractivity contribution is 5.70. The van der Waals surface area contributed by atoms with Crippen molar-refractivity contribution in [3.63, 3.8) is 0 Å². The molecular weight excluding hydrogens is 717 g/mol. The Hall–Kier alpha value is -1.10. The molecule has 5 nitrogen and oxygen atoms in total. The van der Waals surface area contributed by atoms with Crippen LogP contribution >= 0.6 is 0 Å². The molecular formula is C53H104O5. The molecule has 1 atom stereocenters. The number of ether oxygens (including phenoxy) is 3. The van der Waals surface area contributed by atoms with Gasteiger partial charge in [-0.2, -0.15) is 0 Å². The summed E-state index contributed by atoms with van der Waals surface area (Å²) < 4.78 is 17.4. The third-order valence-electron chi connectivity index (χ3n) is 12.1. The van der Waals surface area contributed by atoms with Gasteiger partial charge in [0.15, 0.2) is 6.10 Å². The summed E-state index contributed by atoms with van der Waals surface area (Å²) in [6, 6.07) is 0. The second-order valence-electron chi connectivity index (χ2n) is 18.2. The molecule has 0 fully saturated rings. The molecule has 0 saturated heterocycles. The Labute approximate surface area is 363 Å². The maximum atomic E-state index is 12.8. The van der Waals surface area contributed by atoms with Crippen molar-refractivity contribution in [1.29, 1.82) is 0 Å². The minimum atomic E-state index is -0.522. The first-order valence-corrected chi connectivity index (χ1v) is 26.6. The number of hydrogen-bond donors (Lipinski definition) is 0. The third-order valence-corrected chi connectivity index (χ3v) is 12.1. The van der Waals surface area contributed by atoms with E-state index in [9.17, 15) is 9.59 Å². The molecule has 0 aromatic rings. The maximum Gasteiger partial charge on any atom is 0.306 e. The maximum absolute atomic E-state index is 12.8. The molecule has 0 heterocycles. The zero-order valence-corrected chi connectivity index (χ0v) is 39.9. The number of carbonyl (C=O) groups is 2. The van der Waals surface area contributed by atoms with Crippen LogP contribution in [0.3, 0.4) is 0 Å². The van der Waals surface area contributed by atoms with Crippen LogP contribution in [-0.4, -0.2) is 37.9 Å². The standard InChI is InChI=1S/C53H104O5/c1-4-7-10-13-16-19-22-24-26-28-30-33-36-39-42-45-48-56-49-51(50-57-52(54)46-43-40-37-34-31-21-18-15-12-9-6-3)58-53(55)47-44-41-38-35-32-29-27-25-23-20-17-14-11-8-5-2/h51H,4-50H2,1-3H3/t51-/m1/s1. The van der Waals surface area contributed by atoms with Gasteiger partial charge in [-0.25, -0.2) is 0 Å². The normalized spacial score (nSPS) is 12.0. The summed E-state index contributed by atoms with van der Waals surface area (Å²) in [7, 11) is 0. The number of unbranched alkanes of at least 4 members (excludes halogenated alkanes) is 39. The molecule has 0 unspecified atom stereocenters. The van der Waals surface area contributed by atoms with Gasteiger partial charge >= 0.3 is 11.9 Å². The molecule has 0 aliphatic rings. The number of hydrogen-bond acceptors (Lipinski definition) is 5. The summed E-state index contributed by atoms with van der Waals surface area (Å²) in [5.41, 5.74) is 0. The summed E-state index contributed by atoms with van der Waals surface area (Å²) in [5.74, 6) is -0.371. The monoisotopic (exact) mass is 821 g/mol. The van der Waals surface area contributed by atoms with Crippen molar-refractivity contribution < 1.29 is 23.8 Å². The molecule has 0 aliphatic carbocycles. The zero-order chi connectivity index (χ0) is 42.1. The van der Waals surface area contributed by atoms with Gasteiger partial charge in [-0.1, -0.05) is 271 Å². The summed E-state index contributed by atoms with van der Waals surface area (Å²) in [6.45, 7) is 7.90. The van der Waals surface area contributed by atoms with Crippen molar-refractivity contribution in [2.24, 2.45) is 0 Å². The largest absolute Gasteiger partial charge is 0.462 e. The summed E-state index contributed by atoms with van der Waals surface area (Å²) >= 11 is 0. The average Bonchev–Trinajstić information content (AvgIpc) is 3.22. The van der Waals surface area contributed by atoms with Gasteiger partial charge in [0.1, 0.15) is 6.61 Å². The molecule has 0 amide bonds. The van der Waals surface area contributed by atoms with Gasteiger partial charge in [0.2, 0.25) is 0 Å². The van der Waals surface area contributed by atoms with E-state index in [1.54, 1.807) is 0 Å². The van der Waals surface area contributed by atoms with Crippen molar-refractivity contribution in [3.8, 4) is 0 Å². The highest BCUT2D eigenvalue weighted by atomic mass is 16.6. The second-order valence-corrected chi connectivity index (χ2v) is 18.2. The van der Waals surface area contributed by atoms with E-state index in [1.165, 1.54) is 238 Å². The van der Waals surface area contributed by atoms with E-state index < -0.39 is 6.10 Å². The molecule has 0 aromatic heterocycles. The molecule has 58 heavy (non-hydrogen) atoms. The van der Waals surface area contributed by atoms with Crippen LogP contribution in [0.15, 0.2) is 0 Å². The zero-order valence-electron chi connectivity index (χ0n) is 39.9. The lowest BCUT2D eigenvalue weighted by Crippen LogP contribution is -2.30. The van der Waals surface area contributed by atoms with Crippen molar-refractivity contribution in [3.05, 3.63) is 0 Å². The van der Waals surface area contributed by atoms with Gasteiger partial charge in [-0.05, 0) is 19.3 Å². The fourth-order valence-corrected chi connectivity index (χ4v) is 8.16. The molecule has 0 bridgehead atoms. The van der Waals surface area contributed by atoms with Gasteiger partial charge < -0.3 is 14.2 Å². The summed E-state index contributed by atoms with van der Waals surface area (Å²) in [6.07, 6.45) is 55.4. The number of rotatable bonds is 50. The van der Waals surface area contributed by atoms with Crippen molar-refractivity contribution in [1.82, 2.24) is 0 Å². The number of esters is 2. The highest BCUT2D eigenvalue weighted by Crippen LogP contribution is 2.17. The Morgan fingerprint density at radius 3 is 0.879 bits per heavy atom. The second kappa shape index (κ2) is 50.3. The fourth-order valence-electron chi connectivity index (χ4n) is 8.16. The van der Waals surface area contributed by atoms with E-state index in [4.69, 9.17) is 14.2 Å².